The molecule has 2 amide bonds. The first kappa shape index (κ1) is 15.7. The summed E-state index contributed by atoms with van der Waals surface area (Å²) in [5, 5.41) is 9.62. The fourth-order valence-electron chi connectivity index (χ4n) is 1.46. The van der Waals surface area contributed by atoms with E-state index in [-0.39, 0.29) is 24.1 Å². The fourth-order valence-corrected chi connectivity index (χ4v) is 1.80. The van der Waals surface area contributed by atoms with Gasteiger partial charge in [-0.2, -0.15) is 0 Å². The average molecular weight is 376 g/mol. The Balaban J connectivity index is 2.89. The number of carbonyl (C=O) groups excluding carboxylic acids is 2. The Bertz CT molecular complexity index is 489. The highest BCUT2D eigenvalue weighted by Gasteiger charge is 2.18. The van der Waals surface area contributed by atoms with Gasteiger partial charge in [-0.25, -0.2) is 0 Å². The van der Waals surface area contributed by atoms with Crippen LogP contribution in [0.2, 0.25) is 0 Å². The number of carbonyl (C=O) groups is 2. The molecule has 1 aromatic carbocycles. The second-order valence-corrected chi connectivity index (χ2v) is 5.44. The van der Waals surface area contributed by atoms with E-state index in [0.29, 0.717) is 15.7 Å². The minimum Gasteiger partial charge on any atom is -0.507 e. The molecule has 5 nitrogen and oxygen atoms in total. The molecule has 1 aromatic rings. The molecule has 0 unspecified atom stereocenters. The molecule has 0 atom stereocenters. The van der Waals surface area contributed by atoms with Gasteiger partial charge in [0.25, 0.3) is 5.91 Å². The predicted octanol–water partition coefficient (Wildman–Crippen LogP) is 1.55. The van der Waals surface area contributed by atoms with Crippen molar-refractivity contribution in [1.82, 2.24) is 9.80 Å². The maximum Gasteiger partial charge on any atom is 0.254 e. The number of phenols is 1. The van der Waals surface area contributed by atoms with Gasteiger partial charge in [0.1, 0.15) is 5.75 Å². The summed E-state index contributed by atoms with van der Waals surface area (Å²) in [4.78, 5) is 26.8. The van der Waals surface area contributed by atoms with Crippen molar-refractivity contribution >= 4 is 34.4 Å². The van der Waals surface area contributed by atoms with E-state index in [1.165, 1.54) is 15.9 Å². The van der Waals surface area contributed by atoms with Gasteiger partial charge >= 0.3 is 0 Å². The summed E-state index contributed by atoms with van der Waals surface area (Å²) < 4.78 is 0.682. The van der Waals surface area contributed by atoms with Crippen LogP contribution in [0.5, 0.6) is 5.75 Å². The molecule has 0 heterocycles. The minimum absolute atomic E-state index is 0.0368. The molecule has 0 aliphatic carbocycles. The normalized spacial score (nSPS) is 10.1. The van der Waals surface area contributed by atoms with Crippen LogP contribution in [0.15, 0.2) is 18.2 Å². The Morgan fingerprint density at radius 2 is 1.95 bits per heavy atom. The van der Waals surface area contributed by atoms with Gasteiger partial charge in [0, 0.05) is 26.2 Å². The number of benzene rings is 1. The molecule has 1 rings (SSSR count). The molecule has 6 heteroatoms. The Labute approximate surface area is 126 Å². The van der Waals surface area contributed by atoms with Crippen LogP contribution >= 0.6 is 22.6 Å². The van der Waals surface area contributed by atoms with E-state index in [4.69, 9.17) is 0 Å². The Hall–Kier alpha value is -1.31. The second kappa shape index (κ2) is 6.74. The van der Waals surface area contributed by atoms with Crippen LogP contribution in [0, 0.1) is 3.57 Å². The van der Waals surface area contributed by atoms with Crippen molar-refractivity contribution in [3.8, 4) is 5.75 Å². The zero-order valence-corrected chi connectivity index (χ0v) is 13.3. The molecule has 104 valence electrons. The standard InChI is InChI=1S/C13H17IN2O3/c1-4-16(8-12(18)15(2)3)13(19)9-5-6-10(14)11(17)7-9/h5-7,17H,4,8H2,1-3H3. The zero-order chi connectivity index (χ0) is 14.6. The van der Waals surface area contributed by atoms with Gasteiger partial charge in [0.05, 0.1) is 10.1 Å². The molecule has 0 fully saturated rings. The van der Waals surface area contributed by atoms with Crippen LogP contribution in [0.1, 0.15) is 17.3 Å². The second-order valence-electron chi connectivity index (χ2n) is 4.27. The summed E-state index contributed by atoms with van der Waals surface area (Å²) in [6.07, 6.45) is 0. The van der Waals surface area contributed by atoms with Crippen molar-refractivity contribution in [3.05, 3.63) is 27.3 Å². The molecule has 19 heavy (non-hydrogen) atoms. The first-order chi connectivity index (χ1) is 8.86. The van der Waals surface area contributed by atoms with E-state index >= 15 is 0 Å². The van der Waals surface area contributed by atoms with Crippen LogP contribution in [-0.4, -0.2) is 53.9 Å². The van der Waals surface area contributed by atoms with E-state index in [2.05, 4.69) is 0 Å². The van der Waals surface area contributed by atoms with Crippen molar-refractivity contribution in [2.75, 3.05) is 27.2 Å². The van der Waals surface area contributed by atoms with E-state index in [1.807, 2.05) is 29.5 Å². The third-order valence-electron chi connectivity index (χ3n) is 2.69. The number of hydrogen-bond acceptors (Lipinski definition) is 3. The van der Waals surface area contributed by atoms with Crippen molar-refractivity contribution in [3.63, 3.8) is 0 Å². The smallest absolute Gasteiger partial charge is 0.254 e. The highest BCUT2D eigenvalue weighted by atomic mass is 127. The molecule has 0 aromatic heterocycles. The molecule has 1 N–H and O–H groups in total. The maximum atomic E-state index is 12.2. The fraction of sp³-hybridized carbons (Fsp3) is 0.385. The summed E-state index contributed by atoms with van der Waals surface area (Å²) in [6.45, 7) is 2.29. The SMILES string of the molecule is CCN(CC(=O)N(C)C)C(=O)c1ccc(I)c(O)c1. The molecule has 0 radical (unpaired) electrons. The van der Waals surface area contributed by atoms with E-state index < -0.39 is 0 Å². The van der Waals surface area contributed by atoms with E-state index in [0.717, 1.165) is 0 Å². The molecule has 0 saturated carbocycles. The number of aromatic hydroxyl groups is 1. The zero-order valence-electron chi connectivity index (χ0n) is 11.2. The summed E-state index contributed by atoms with van der Waals surface area (Å²) in [7, 11) is 3.30. The van der Waals surface area contributed by atoms with Gasteiger partial charge in [0.2, 0.25) is 5.91 Å². The third-order valence-corrected chi connectivity index (χ3v) is 3.60. The minimum atomic E-state index is -0.260. The molecule has 0 aliphatic heterocycles. The van der Waals surface area contributed by atoms with Gasteiger partial charge in [0.15, 0.2) is 0 Å². The third kappa shape index (κ3) is 4.09. The first-order valence-corrected chi connectivity index (χ1v) is 6.92. The van der Waals surface area contributed by atoms with Crippen LogP contribution in [-0.2, 0) is 4.79 Å². The lowest BCUT2D eigenvalue weighted by Gasteiger charge is -2.22. The van der Waals surface area contributed by atoms with Crippen LogP contribution in [0.4, 0.5) is 0 Å². The van der Waals surface area contributed by atoms with Crippen LogP contribution in [0.3, 0.4) is 0 Å². The largest absolute Gasteiger partial charge is 0.507 e. The Morgan fingerprint density at radius 3 is 2.42 bits per heavy atom. The lowest BCUT2D eigenvalue weighted by Crippen LogP contribution is -2.40. The van der Waals surface area contributed by atoms with Crippen molar-refractivity contribution in [2.45, 2.75) is 6.92 Å². The van der Waals surface area contributed by atoms with Crippen molar-refractivity contribution < 1.29 is 14.7 Å². The number of nitrogens with zero attached hydrogens (tertiary/aromatic N) is 2. The lowest BCUT2D eigenvalue weighted by molar-refractivity contribution is -0.129. The number of halogens is 1. The molecule has 0 saturated heterocycles. The number of rotatable bonds is 4. The van der Waals surface area contributed by atoms with E-state index in [1.54, 1.807) is 26.2 Å². The lowest BCUT2D eigenvalue weighted by atomic mass is 10.2. The predicted molar refractivity (Wildman–Crippen MR) is 81.1 cm³/mol. The van der Waals surface area contributed by atoms with Gasteiger partial charge in [-0.1, -0.05) is 0 Å². The summed E-state index contributed by atoms with van der Waals surface area (Å²) >= 11 is 1.98. The van der Waals surface area contributed by atoms with Gasteiger partial charge in [-0.05, 0) is 47.7 Å². The average Bonchev–Trinajstić information content (AvgIpc) is 2.37. The topological polar surface area (TPSA) is 60.9 Å². The van der Waals surface area contributed by atoms with Gasteiger partial charge in [-0.15, -0.1) is 0 Å². The summed E-state index contributed by atoms with van der Waals surface area (Å²) in [6, 6.07) is 4.74. The number of phenolic OH excluding ortho intramolecular Hbond substituents is 1. The number of hydrogen-bond donors (Lipinski definition) is 1. The van der Waals surface area contributed by atoms with E-state index in [9.17, 15) is 14.7 Å². The summed E-state index contributed by atoms with van der Waals surface area (Å²) in [5.74, 6) is -0.323. The highest BCUT2D eigenvalue weighted by Crippen LogP contribution is 2.21. The Kier molecular flexibility index (Phi) is 5.59. The molecular formula is C13H17IN2O3. The molecule has 0 spiro atoms. The van der Waals surface area contributed by atoms with Crippen LogP contribution < -0.4 is 0 Å². The van der Waals surface area contributed by atoms with Crippen molar-refractivity contribution in [1.29, 1.82) is 0 Å². The monoisotopic (exact) mass is 376 g/mol. The van der Waals surface area contributed by atoms with Crippen molar-refractivity contribution in [2.24, 2.45) is 0 Å². The number of amides is 2. The quantitative estimate of drug-likeness (QED) is 0.812. The van der Waals surface area contributed by atoms with Crippen LogP contribution in [0.25, 0.3) is 0 Å². The maximum absolute atomic E-state index is 12.2. The van der Waals surface area contributed by atoms with Gasteiger partial charge in [-0.3, -0.25) is 9.59 Å². The van der Waals surface area contributed by atoms with Gasteiger partial charge < -0.3 is 14.9 Å². The Morgan fingerprint density at radius 1 is 1.32 bits per heavy atom. The molecule has 0 bridgehead atoms. The molecule has 0 aliphatic rings. The summed E-state index contributed by atoms with van der Waals surface area (Å²) in [5.41, 5.74) is 0.381. The first-order valence-electron chi connectivity index (χ1n) is 5.84. The highest BCUT2D eigenvalue weighted by molar-refractivity contribution is 14.1. The number of likely N-dealkylation sites (N-methyl/N-ethyl adjacent to an activating group) is 2. The molecular weight excluding hydrogens is 359 g/mol.